The van der Waals surface area contributed by atoms with E-state index in [4.69, 9.17) is 22.9 Å². The zero-order valence-electron chi connectivity index (χ0n) is 11.2. The maximum atomic E-state index is 5.90. The van der Waals surface area contributed by atoms with E-state index in [9.17, 15) is 0 Å². The molecule has 0 saturated heterocycles. The van der Waals surface area contributed by atoms with Crippen molar-refractivity contribution in [3.8, 4) is 0 Å². The Balaban J connectivity index is 0.000000180. The molecule has 2 atom stereocenters. The van der Waals surface area contributed by atoms with Gasteiger partial charge in [0.05, 0.1) is 6.17 Å². The molecule has 2 rings (SSSR count). The monoisotopic (exact) mass is 250 g/mol. The summed E-state index contributed by atoms with van der Waals surface area (Å²) in [4.78, 5) is 0. The lowest BCUT2D eigenvalue weighted by molar-refractivity contribution is 0.276. The predicted octanol–water partition coefficient (Wildman–Crippen LogP) is 1.21. The molecule has 0 aliphatic heterocycles. The first kappa shape index (κ1) is 15.1. The molecule has 4 nitrogen and oxygen atoms in total. The molecule has 0 aromatic heterocycles. The van der Waals surface area contributed by atoms with Gasteiger partial charge in [-0.3, -0.25) is 0 Å². The molecule has 0 radical (unpaired) electrons. The molecular weight excluding hydrogens is 224 g/mol. The van der Waals surface area contributed by atoms with Crippen LogP contribution in [-0.4, -0.2) is 11.6 Å². The van der Waals surface area contributed by atoms with Crippen LogP contribution in [-0.2, 0) is 0 Å². The van der Waals surface area contributed by atoms with Crippen molar-refractivity contribution in [1.82, 2.24) is 0 Å². The van der Waals surface area contributed by atoms with Gasteiger partial charge in [-0.1, -0.05) is 43.2 Å². The highest BCUT2D eigenvalue weighted by Crippen LogP contribution is 2.23. The van der Waals surface area contributed by atoms with Gasteiger partial charge in [-0.25, -0.2) is 0 Å². The van der Waals surface area contributed by atoms with Gasteiger partial charge in [-0.15, -0.1) is 0 Å². The first-order valence-corrected chi connectivity index (χ1v) is 6.54. The maximum absolute atomic E-state index is 5.90. The highest BCUT2D eigenvalue weighted by atomic mass is 14.8. The average molecular weight is 250 g/mol. The fraction of sp³-hybridized carbons (Fsp3) is 0.571. The molecule has 1 aliphatic carbocycles. The average Bonchev–Trinajstić information content (AvgIpc) is 2.35. The van der Waals surface area contributed by atoms with Gasteiger partial charge in [0.2, 0.25) is 0 Å². The topological polar surface area (TPSA) is 104 Å². The third-order valence-corrected chi connectivity index (χ3v) is 3.51. The number of hydrogen-bond acceptors (Lipinski definition) is 4. The van der Waals surface area contributed by atoms with Gasteiger partial charge in [0, 0.05) is 11.6 Å². The number of nitrogens with two attached hydrogens (primary N) is 4. The summed E-state index contributed by atoms with van der Waals surface area (Å²) in [5.41, 5.74) is 23.4. The molecule has 1 saturated carbocycles. The van der Waals surface area contributed by atoms with E-state index < -0.39 is 0 Å². The molecule has 0 heterocycles. The van der Waals surface area contributed by atoms with Crippen LogP contribution in [0.5, 0.6) is 0 Å². The second kappa shape index (κ2) is 6.85. The van der Waals surface area contributed by atoms with Crippen molar-refractivity contribution in [2.45, 2.75) is 50.4 Å². The standard InChI is InChI=1S/C7H16N2.C7H10N2/c1-7(9)5-3-2-4-6(7)8;8-7(9)6-4-2-1-3-5-6/h6H,2-5,8-9H2,1H3;1-5,7H,8-9H2. The number of rotatable bonds is 1. The molecule has 4 heteroatoms. The molecule has 1 fully saturated rings. The Morgan fingerprint density at radius 2 is 1.78 bits per heavy atom. The summed E-state index contributed by atoms with van der Waals surface area (Å²) in [5.74, 6) is 0. The molecule has 18 heavy (non-hydrogen) atoms. The van der Waals surface area contributed by atoms with Crippen LogP contribution in [0.25, 0.3) is 0 Å². The molecule has 8 N–H and O–H groups in total. The van der Waals surface area contributed by atoms with Crippen molar-refractivity contribution < 1.29 is 0 Å². The van der Waals surface area contributed by atoms with Gasteiger partial charge in [-0.05, 0) is 25.3 Å². The molecule has 0 spiro atoms. The Hall–Kier alpha value is -0.940. The zero-order chi connectivity index (χ0) is 13.6. The van der Waals surface area contributed by atoms with E-state index >= 15 is 0 Å². The van der Waals surface area contributed by atoms with E-state index in [2.05, 4.69) is 6.92 Å². The molecule has 2 unspecified atom stereocenters. The molecule has 102 valence electrons. The molecule has 0 bridgehead atoms. The van der Waals surface area contributed by atoms with E-state index in [0.29, 0.717) is 0 Å². The van der Waals surface area contributed by atoms with E-state index in [1.165, 1.54) is 12.8 Å². The van der Waals surface area contributed by atoms with Crippen molar-refractivity contribution in [3.63, 3.8) is 0 Å². The van der Waals surface area contributed by atoms with Crippen molar-refractivity contribution >= 4 is 0 Å². The zero-order valence-corrected chi connectivity index (χ0v) is 11.2. The molecule has 1 aromatic carbocycles. The largest absolute Gasteiger partial charge is 0.326 e. The van der Waals surface area contributed by atoms with Gasteiger partial charge < -0.3 is 22.9 Å². The summed E-state index contributed by atoms with van der Waals surface area (Å²) in [5, 5.41) is 0. The van der Waals surface area contributed by atoms with Gasteiger partial charge in [0.25, 0.3) is 0 Å². The van der Waals surface area contributed by atoms with Crippen LogP contribution in [0.2, 0.25) is 0 Å². The minimum Gasteiger partial charge on any atom is -0.326 e. The minimum absolute atomic E-state index is 0.0851. The smallest absolute Gasteiger partial charge is 0.0784 e. The Morgan fingerprint density at radius 1 is 1.17 bits per heavy atom. The van der Waals surface area contributed by atoms with Gasteiger partial charge in [0.1, 0.15) is 0 Å². The van der Waals surface area contributed by atoms with E-state index in [1.54, 1.807) is 0 Å². The first-order chi connectivity index (χ1) is 8.43. The fourth-order valence-corrected chi connectivity index (χ4v) is 2.06. The highest BCUT2D eigenvalue weighted by molar-refractivity contribution is 5.16. The van der Waals surface area contributed by atoms with Crippen molar-refractivity contribution in [1.29, 1.82) is 0 Å². The minimum atomic E-state index is -0.341. The number of benzene rings is 1. The maximum Gasteiger partial charge on any atom is 0.0784 e. The van der Waals surface area contributed by atoms with Crippen LogP contribution < -0.4 is 22.9 Å². The molecule has 0 amide bonds. The third-order valence-electron chi connectivity index (χ3n) is 3.51. The fourth-order valence-electron chi connectivity index (χ4n) is 2.06. The summed E-state index contributed by atoms with van der Waals surface area (Å²) < 4.78 is 0. The van der Waals surface area contributed by atoms with Gasteiger partial charge in [0.15, 0.2) is 0 Å². The first-order valence-electron chi connectivity index (χ1n) is 6.54. The van der Waals surface area contributed by atoms with Crippen LogP contribution >= 0.6 is 0 Å². The lowest BCUT2D eigenvalue weighted by Gasteiger charge is -2.35. The summed E-state index contributed by atoms with van der Waals surface area (Å²) in [6.07, 6.45) is 4.36. The van der Waals surface area contributed by atoms with Crippen LogP contribution in [0.4, 0.5) is 0 Å². The summed E-state index contributed by atoms with van der Waals surface area (Å²) in [7, 11) is 0. The summed E-state index contributed by atoms with van der Waals surface area (Å²) in [6, 6.07) is 9.82. The van der Waals surface area contributed by atoms with Crippen LogP contribution in [0.15, 0.2) is 30.3 Å². The SMILES string of the molecule is CC1(N)CCCCC1N.NC(N)c1ccccc1. The Morgan fingerprint density at radius 3 is 2.11 bits per heavy atom. The van der Waals surface area contributed by atoms with Crippen LogP contribution in [0.3, 0.4) is 0 Å². The lowest BCUT2D eigenvalue weighted by atomic mass is 9.80. The van der Waals surface area contributed by atoms with E-state index in [-0.39, 0.29) is 17.7 Å². The summed E-state index contributed by atoms with van der Waals surface area (Å²) >= 11 is 0. The van der Waals surface area contributed by atoms with Crippen LogP contribution in [0.1, 0.15) is 44.3 Å². The van der Waals surface area contributed by atoms with E-state index in [0.717, 1.165) is 18.4 Å². The van der Waals surface area contributed by atoms with Crippen molar-refractivity contribution in [2.75, 3.05) is 0 Å². The summed E-state index contributed by atoms with van der Waals surface area (Å²) in [6.45, 7) is 2.05. The van der Waals surface area contributed by atoms with Gasteiger partial charge >= 0.3 is 0 Å². The Kier molecular flexibility index (Phi) is 5.75. The third kappa shape index (κ3) is 4.74. The number of hydrogen-bond donors (Lipinski definition) is 4. The normalized spacial score (nSPS) is 27.6. The second-order valence-electron chi connectivity index (χ2n) is 5.29. The molecule has 1 aliphatic rings. The van der Waals surface area contributed by atoms with E-state index in [1.807, 2.05) is 30.3 Å². The van der Waals surface area contributed by atoms with Gasteiger partial charge in [-0.2, -0.15) is 0 Å². The second-order valence-corrected chi connectivity index (χ2v) is 5.29. The molecular formula is C14H26N4. The highest BCUT2D eigenvalue weighted by Gasteiger charge is 2.29. The Labute approximate surface area is 110 Å². The lowest BCUT2D eigenvalue weighted by Crippen LogP contribution is -2.54. The van der Waals surface area contributed by atoms with Crippen molar-refractivity contribution in [2.24, 2.45) is 22.9 Å². The van der Waals surface area contributed by atoms with Crippen LogP contribution in [0, 0.1) is 0 Å². The quantitative estimate of drug-likeness (QED) is 0.562. The molecule has 1 aromatic rings. The van der Waals surface area contributed by atoms with Crippen molar-refractivity contribution in [3.05, 3.63) is 35.9 Å². The Bertz CT molecular complexity index is 335. The predicted molar refractivity (Wildman–Crippen MR) is 76.6 cm³/mol.